The molecule has 0 aliphatic heterocycles. The highest BCUT2D eigenvalue weighted by atomic mass is 16.5. The van der Waals surface area contributed by atoms with E-state index in [-0.39, 0.29) is 12.5 Å². The summed E-state index contributed by atoms with van der Waals surface area (Å²) in [5.41, 5.74) is 6.85. The molecule has 0 bridgehead atoms. The lowest BCUT2D eigenvalue weighted by Gasteiger charge is -2.17. The summed E-state index contributed by atoms with van der Waals surface area (Å²) >= 11 is 0. The van der Waals surface area contributed by atoms with Gasteiger partial charge >= 0.3 is 0 Å². The summed E-state index contributed by atoms with van der Waals surface area (Å²) in [6, 6.07) is 14.0. The first-order chi connectivity index (χ1) is 12.6. The lowest BCUT2D eigenvalue weighted by atomic mass is 9.99. The van der Waals surface area contributed by atoms with Gasteiger partial charge in [0.1, 0.15) is 0 Å². The summed E-state index contributed by atoms with van der Waals surface area (Å²) in [5, 5.41) is 9.09. The first-order valence-corrected chi connectivity index (χ1v) is 8.99. The van der Waals surface area contributed by atoms with Gasteiger partial charge in [-0.3, -0.25) is 4.79 Å². The zero-order chi connectivity index (χ0) is 18.0. The maximum atomic E-state index is 12.3. The van der Waals surface area contributed by atoms with Crippen LogP contribution in [0.1, 0.15) is 43.0 Å². The van der Waals surface area contributed by atoms with Gasteiger partial charge in [0.25, 0.3) is 0 Å². The topological polar surface area (TPSA) is 94.0 Å². The molecule has 3 N–H and O–H groups in total. The third-order valence-corrected chi connectivity index (χ3v) is 5.08. The molecule has 0 spiro atoms. The SMILES string of the molecule is NC1(c2noc(CNC(=O)Cc3cccc4ccccc34)n2)CCCC1. The Morgan fingerprint density at radius 2 is 1.92 bits per heavy atom. The van der Waals surface area contributed by atoms with E-state index in [4.69, 9.17) is 10.3 Å². The van der Waals surface area contributed by atoms with Crippen molar-refractivity contribution in [2.24, 2.45) is 5.73 Å². The first-order valence-electron chi connectivity index (χ1n) is 8.99. The van der Waals surface area contributed by atoms with Crippen LogP contribution in [-0.4, -0.2) is 16.0 Å². The number of nitrogens with one attached hydrogen (secondary N) is 1. The van der Waals surface area contributed by atoms with Crippen molar-refractivity contribution in [2.75, 3.05) is 0 Å². The Bertz CT molecular complexity index is 923. The molecule has 1 fully saturated rings. The van der Waals surface area contributed by atoms with E-state index < -0.39 is 5.54 Å². The molecular formula is C20H22N4O2. The van der Waals surface area contributed by atoms with E-state index in [2.05, 4.69) is 15.5 Å². The van der Waals surface area contributed by atoms with Crippen LogP contribution in [0.25, 0.3) is 10.8 Å². The van der Waals surface area contributed by atoms with Gasteiger partial charge in [0.2, 0.25) is 11.8 Å². The van der Waals surface area contributed by atoms with Crippen LogP contribution in [0.15, 0.2) is 47.0 Å². The van der Waals surface area contributed by atoms with Crippen molar-refractivity contribution in [3.8, 4) is 0 Å². The third-order valence-electron chi connectivity index (χ3n) is 5.08. The van der Waals surface area contributed by atoms with Crippen molar-refractivity contribution in [1.82, 2.24) is 15.5 Å². The molecule has 2 aromatic carbocycles. The molecule has 0 saturated heterocycles. The van der Waals surface area contributed by atoms with Crippen molar-refractivity contribution < 1.29 is 9.32 Å². The van der Waals surface area contributed by atoms with Gasteiger partial charge in [0, 0.05) is 0 Å². The molecule has 134 valence electrons. The largest absolute Gasteiger partial charge is 0.347 e. The predicted octanol–water partition coefficient (Wildman–Crippen LogP) is 2.81. The Morgan fingerprint density at radius 1 is 1.15 bits per heavy atom. The maximum absolute atomic E-state index is 12.3. The molecular weight excluding hydrogens is 328 g/mol. The molecule has 0 unspecified atom stereocenters. The number of hydrogen-bond acceptors (Lipinski definition) is 5. The van der Waals surface area contributed by atoms with Crippen molar-refractivity contribution in [2.45, 2.75) is 44.2 Å². The Morgan fingerprint density at radius 3 is 2.77 bits per heavy atom. The number of hydrogen-bond donors (Lipinski definition) is 2. The standard InChI is InChI=1S/C20H22N4O2/c21-20(10-3-4-11-20)19-23-18(26-24-19)13-22-17(25)12-15-8-5-7-14-6-1-2-9-16(14)15/h1-2,5-9H,3-4,10-13,21H2,(H,22,25). The summed E-state index contributed by atoms with van der Waals surface area (Å²) < 4.78 is 5.26. The van der Waals surface area contributed by atoms with Crippen LogP contribution in [-0.2, 0) is 23.3 Å². The van der Waals surface area contributed by atoms with E-state index in [1.807, 2.05) is 42.5 Å². The van der Waals surface area contributed by atoms with Crippen molar-refractivity contribution in [1.29, 1.82) is 0 Å². The lowest BCUT2D eigenvalue weighted by Crippen LogP contribution is -2.34. The van der Waals surface area contributed by atoms with Crippen LogP contribution in [0.3, 0.4) is 0 Å². The Labute approximate surface area is 151 Å². The molecule has 1 aliphatic rings. The number of carbonyl (C=O) groups excluding carboxylic acids is 1. The molecule has 0 atom stereocenters. The van der Waals surface area contributed by atoms with Gasteiger partial charge in [0.15, 0.2) is 5.82 Å². The summed E-state index contributed by atoms with van der Waals surface area (Å²) in [4.78, 5) is 16.7. The molecule has 3 aromatic rings. The number of benzene rings is 2. The smallest absolute Gasteiger partial charge is 0.246 e. The molecule has 26 heavy (non-hydrogen) atoms. The number of fused-ring (bicyclic) bond motifs is 1. The van der Waals surface area contributed by atoms with Gasteiger partial charge in [-0.1, -0.05) is 60.5 Å². The van der Waals surface area contributed by atoms with Crippen LogP contribution in [0.5, 0.6) is 0 Å². The number of aromatic nitrogens is 2. The quantitative estimate of drug-likeness (QED) is 0.738. The summed E-state index contributed by atoms with van der Waals surface area (Å²) in [6.07, 6.45) is 4.23. The van der Waals surface area contributed by atoms with Crippen LogP contribution in [0, 0.1) is 0 Å². The van der Waals surface area contributed by atoms with Crippen molar-refractivity contribution in [3.63, 3.8) is 0 Å². The Balaban J connectivity index is 1.39. The molecule has 1 aromatic heterocycles. The fourth-order valence-electron chi connectivity index (χ4n) is 3.61. The van der Waals surface area contributed by atoms with E-state index in [1.165, 1.54) is 0 Å². The average molecular weight is 350 g/mol. The van der Waals surface area contributed by atoms with Crippen LogP contribution < -0.4 is 11.1 Å². The maximum Gasteiger partial charge on any atom is 0.246 e. The van der Waals surface area contributed by atoms with Gasteiger partial charge in [-0.15, -0.1) is 0 Å². The average Bonchev–Trinajstić information content (AvgIpc) is 3.30. The lowest BCUT2D eigenvalue weighted by molar-refractivity contribution is -0.120. The third kappa shape index (κ3) is 3.32. The monoisotopic (exact) mass is 350 g/mol. The predicted molar refractivity (Wildman–Crippen MR) is 98.1 cm³/mol. The number of carbonyl (C=O) groups is 1. The van der Waals surface area contributed by atoms with Gasteiger partial charge in [-0.25, -0.2) is 0 Å². The summed E-state index contributed by atoms with van der Waals surface area (Å²) in [7, 11) is 0. The van der Waals surface area contributed by atoms with Crippen molar-refractivity contribution in [3.05, 3.63) is 59.7 Å². The van der Waals surface area contributed by atoms with Gasteiger partial charge in [0.05, 0.1) is 18.5 Å². The first kappa shape index (κ1) is 16.7. The minimum Gasteiger partial charge on any atom is -0.347 e. The normalized spacial score (nSPS) is 16.0. The van der Waals surface area contributed by atoms with Crippen LogP contribution >= 0.6 is 0 Å². The Kier molecular flexibility index (Phi) is 4.42. The highest BCUT2D eigenvalue weighted by Gasteiger charge is 2.35. The van der Waals surface area contributed by atoms with E-state index in [0.29, 0.717) is 18.1 Å². The van der Waals surface area contributed by atoms with E-state index in [9.17, 15) is 4.79 Å². The molecule has 6 heteroatoms. The summed E-state index contributed by atoms with van der Waals surface area (Å²) in [6.45, 7) is 0.215. The molecule has 0 radical (unpaired) electrons. The zero-order valence-corrected chi connectivity index (χ0v) is 14.6. The van der Waals surface area contributed by atoms with Gasteiger partial charge < -0.3 is 15.6 Å². The Hall–Kier alpha value is -2.73. The number of rotatable bonds is 5. The zero-order valence-electron chi connectivity index (χ0n) is 14.6. The molecule has 1 saturated carbocycles. The highest BCUT2D eigenvalue weighted by molar-refractivity contribution is 5.90. The molecule has 1 aliphatic carbocycles. The van der Waals surface area contributed by atoms with E-state index in [1.54, 1.807) is 0 Å². The summed E-state index contributed by atoms with van der Waals surface area (Å²) in [5.74, 6) is 0.862. The number of nitrogens with zero attached hydrogens (tertiary/aromatic N) is 2. The second kappa shape index (κ2) is 6.88. The molecule has 4 rings (SSSR count). The van der Waals surface area contributed by atoms with Crippen LogP contribution in [0.2, 0.25) is 0 Å². The second-order valence-corrected chi connectivity index (χ2v) is 6.97. The van der Waals surface area contributed by atoms with Gasteiger partial charge in [-0.05, 0) is 29.2 Å². The fraction of sp³-hybridized carbons (Fsp3) is 0.350. The number of nitrogens with two attached hydrogens (primary N) is 1. The van der Waals surface area contributed by atoms with Gasteiger partial charge in [-0.2, -0.15) is 4.98 Å². The fourth-order valence-corrected chi connectivity index (χ4v) is 3.61. The molecule has 1 amide bonds. The number of amides is 1. The second-order valence-electron chi connectivity index (χ2n) is 6.97. The van der Waals surface area contributed by atoms with E-state index >= 15 is 0 Å². The molecule has 1 heterocycles. The minimum atomic E-state index is -0.477. The highest BCUT2D eigenvalue weighted by Crippen LogP contribution is 2.34. The molecule has 6 nitrogen and oxygen atoms in total. The van der Waals surface area contributed by atoms with Crippen LogP contribution in [0.4, 0.5) is 0 Å². The van der Waals surface area contributed by atoms with Crippen molar-refractivity contribution >= 4 is 16.7 Å². The minimum absolute atomic E-state index is 0.0792. The van der Waals surface area contributed by atoms with E-state index in [0.717, 1.165) is 42.0 Å².